The van der Waals surface area contributed by atoms with Crippen LogP contribution in [0.15, 0.2) is 24.3 Å². The molecule has 0 saturated carbocycles. The molecule has 0 bridgehead atoms. The van der Waals surface area contributed by atoms with Crippen molar-refractivity contribution in [1.82, 2.24) is 4.90 Å². The molecule has 0 saturated heterocycles. The lowest BCUT2D eigenvalue weighted by atomic mass is 10.3. The molecule has 0 fully saturated rings. The fraction of sp³-hybridized carbons (Fsp3) is 0.417. The molecule has 1 amide bonds. The fourth-order valence-electron chi connectivity index (χ4n) is 1.47. The van der Waals surface area contributed by atoms with Crippen molar-refractivity contribution < 1.29 is 9.53 Å². The molecule has 0 heterocycles. The van der Waals surface area contributed by atoms with E-state index in [4.69, 9.17) is 16.2 Å². The van der Waals surface area contributed by atoms with Gasteiger partial charge in [-0.25, -0.2) is 0 Å². The summed E-state index contributed by atoms with van der Waals surface area (Å²) in [6.45, 7) is 4.11. The van der Waals surface area contributed by atoms with Gasteiger partial charge in [0.25, 0.3) is 0 Å². The molecule has 1 aromatic rings. The van der Waals surface area contributed by atoms with Gasteiger partial charge in [0.15, 0.2) is 0 Å². The van der Waals surface area contributed by atoms with E-state index in [9.17, 15) is 4.79 Å². The van der Waals surface area contributed by atoms with E-state index in [2.05, 4.69) is 0 Å². The maximum atomic E-state index is 10.8. The Morgan fingerprint density at radius 1 is 1.41 bits per heavy atom. The van der Waals surface area contributed by atoms with Gasteiger partial charge in [0.1, 0.15) is 12.4 Å². The highest BCUT2D eigenvalue weighted by molar-refractivity contribution is 5.75. The summed E-state index contributed by atoms with van der Waals surface area (Å²) in [7, 11) is 0. The van der Waals surface area contributed by atoms with Gasteiger partial charge in [-0.15, -0.1) is 0 Å². The summed E-state index contributed by atoms with van der Waals surface area (Å²) in [4.78, 5) is 12.7. The molecule has 0 unspecified atom stereocenters. The van der Waals surface area contributed by atoms with Gasteiger partial charge in [-0.05, 0) is 18.7 Å². The van der Waals surface area contributed by atoms with Crippen LogP contribution in [-0.4, -0.2) is 37.0 Å². The second-order valence-corrected chi connectivity index (χ2v) is 3.72. The minimum atomic E-state index is -0.328. The lowest BCUT2D eigenvalue weighted by Gasteiger charge is -2.18. The van der Waals surface area contributed by atoms with Gasteiger partial charge < -0.3 is 16.2 Å². The highest BCUT2D eigenvalue weighted by Crippen LogP contribution is 2.19. The van der Waals surface area contributed by atoms with Crippen LogP contribution in [0.4, 0.5) is 5.69 Å². The van der Waals surface area contributed by atoms with E-state index in [0.717, 1.165) is 6.54 Å². The topological polar surface area (TPSA) is 81.6 Å². The number of benzene rings is 1. The molecule has 0 radical (unpaired) electrons. The summed E-state index contributed by atoms with van der Waals surface area (Å²) < 4.78 is 5.53. The van der Waals surface area contributed by atoms with Gasteiger partial charge in [0, 0.05) is 6.54 Å². The molecule has 4 N–H and O–H groups in total. The van der Waals surface area contributed by atoms with Crippen LogP contribution >= 0.6 is 0 Å². The summed E-state index contributed by atoms with van der Waals surface area (Å²) in [6.07, 6.45) is 0. The molecule has 0 aromatic heterocycles. The maximum absolute atomic E-state index is 10.8. The Morgan fingerprint density at radius 2 is 2.12 bits per heavy atom. The van der Waals surface area contributed by atoms with E-state index >= 15 is 0 Å². The van der Waals surface area contributed by atoms with Gasteiger partial charge in [0.05, 0.1) is 12.2 Å². The molecule has 0 spiro atoms. The number of ether oxygens (including phenoxy) is 1. The van der Waals surface area contributed by atoms with Gasteiger partial charge >= 0.3 is 0 Å². The number of primary amides is 1. The largest absolute Gasteiger partial charge is 0.490 e. The number of likely N-dealkylation sites (N-methyl/N-ethyl adjacent to an activating group) is 1. The molecule has 17 heavy (non-hydrogen) atoms. The van der Waals surface area contributed by atoms with E-state index in [-0.39, 0.29) is 12.5 Å². The molecular weight excluding hydrogens is 218 g/mol. The van der Waals surface area contributed by atoms with Crippen molar-refractivity contribution in [2.75, 3.05) is 32.0 Å². The predicted octanol–water partition coefficient (Wildman–Crippen LogP) is 0.455. The number of hydrogen-bond acceptors (Lipinski definition) is 4. The van der Waals surface area contributed by atoms with Crippen molar-refractivity contribution in [3.05, 3.63) is 24.3 Å². The Kier molecular flexibility index (Phi) is 5.29. The number of para-hydroxylation sites is 2. The average molecular weight is 237 g/mol. The number of hydrogen-bond donors (Lipinski definition) is 2. The summed E-state index contributed by atoms with van der Waals surface area (Å²) in [5.74, 6) is 0.341. The van der Waals surface area contributed by atoms with Crippen LogP contribution in [0.3, 0.4) is 0 Å². The molecule has 1 aromatic carbocycles. The smallest absolute Gasteiger partial charge is 0.231 e. The van der Waals surface area contributed by atoms with Gasteiger partial charge in [-0.2, -0.15) is 0 Å². The third-order valence-corrected chi connectivity index (χ3v) is 2.41. The number of carbonyl (C=O) groups is 1. The minimum absolute atomic E-state index is 0.254. The number of nitrogens with zero attached hydrogens (tertiary/aromatic N) is 1. The van der Waals surface area contributed by atoms with Gasteiger partial charge in [-0.3, -0.25) is 9.69 Å². The van der Waals surface area contributed by atoms with Crippen LogP contribution in [0.5, 0.6) is 5.75 Å². The van der Waals surface area contributed by atoms with Crippen molar-refractivity contribution in [3.63, 3.8) is 0 Å². The Labute approximate surface area is 101 Å². The third-order valence-electron chi connectivity index (χ3n) is 2.41. The van der Waals surface area contributed by atoms with Crippen LogP contribution in [0.2, 0.25) is 0 Å². The number of carbonyl (C=O) groups excluding carboxylic acids is 1. The standard InChI is InChI=1S/C12H19N3O2/c1-2-15(9-12(14)16)7-8-17-11-6-4-3-5-10(11)13/h3-6H,2,7-9,13H2,1H3,(H2,14,16). The second kappa shape index (κ2) is 6.75. The van der Waals surface area contributed by atoms with E-state index in [1.165, 1.54) is 0 Å². The first-order valence-electron chi connectivity index (χ1n) is 5.61. The molecule has 0 aliphatic carbocycles. The quantitative estimate of drug-likeness (QED) is 0.675. The zero-order chi connectivity index (χ0) is 12.7. The highest BCUT2D eigenvalue weighted by Gasteiger charge is 2.06. The lowest BCUT2D eigenvalue weighted by molar-refractivity contribution is -0.119. The molecule has 0 aliphatic heterocycles. The monoisotopic (exact) mass is 237 g/mol. The number of rotatable bonds is 7. The van der Waals surface area contributed by atoms with Gasteiger partial charge in [-0.1, -0.05) is 19.1 Å². The first kappa shape index (κ1) is 13.3. The van der Waals surface area contributed by atoms with E-state index in [0.29, 0.717) is 24.6 Å². The average Bonchev–Trinajstić information content (AvgIpc) is 2.29. The van der Waals surface area contributed by atoms with Crippen LogP contribution in [0.25, 0.3) is 0 Å². The minimum Gasteiger partial charge on any atom is -0.490 e. The zero-order valence-electron chi connectivity index (χ0n) is 10.1. The van der Waals surface area contributed by atoms with Crippen LogP contribution < -0.4 is 16.2 Å². The normalized spacial score (nSPS) is 10.5. The number of amides is 1. The molecular formula is C12H19N3O2. The van der Waals surface area contributed by atoms with Gasteiger partial charge in [0.2, 0.25) is 5.91 Å². The first-order valence-corrected chi connectivity index (χ1v) is 5.61. The summed E-state index contributed by atoms with van der Waals surface area (Å²) >= 11 is 0. The Hall–Kier alpha value is -1.75. The van der Waals surface area contributed by atoms with E-state index in [1.807, 2.05) is 30.0 Å². The van der Waals surface area contributed by atoms with Crippen LogP contribution in [-0.2, 0) is 4.79 Å². The number of nitrogens with two attached hydrogens (primary N) is 2. The first-order chi connectivity index (χ1) is 8.13. The summed E-state index contributed by atoms with van der Waals surface area (Å²) in [6, 6.07) is 7.33. The predicted molar refractivity (Wildman–Crippen MR) is 67.7 cm³/mol. The second-order valence-electron chi connectivity index (χ2n) is 3.72. The highest BCUT2D eigenvalue weighted by atomic mass is 16.5. The molecule has 0 atom stereocenters. The van der Waals surface area contributed by atoms with Crippen LogP contribution in [0.1, 0.15) is 6.92 Å². The van der Waals surface area contributed by atoms with E-state index < -0.39 is 0 Å². The molecule has 1 rings (SSSR count). The lowest BCUT2D eigenvalue weighted by Crippen LogP contribution is -2.36. The van der Waals surface area contributed by atoms with Crippen molar-refractivity contribution in [1.29, 1.82) is 0 Å². The number of nitrogen functional groups attached to an aromatic ring is 1. The molecule has 0 aliphatic rings. The van der Waals surface area contributed by atoms with Crippen molar-refractivity contribution >= 4 is 11.6 Å². The Balaban J connectivity index is 2.36. The number of anilines is 1. The summed E-state index contributed by atoms with van der Waals surface area (Å²) in [5, 5.41) is 0. The molecule has 94 valence electrons. The summed E-state index contributed by atoms with van der Waals surface area (Å²) in [5.41, 5.74) is 11.5. The zero-order valence-corrected chi connectivity index (χ0v) is 10.1. The molecule has 5 nitrogen and oxygen atoms in total. The third kappa shape index (κ3) is 4.74. The van der Waals surface area contributed by atoms with Crippen molar-refractivity contribution in [2.24, 2.45) is 5.73 Å². The van der Waals surface area contributed by atoms with Crippen molar-refractivity contribution in [3.8, 4) is 5.75 Å². The molecule has 5 heteroatoms. The van der Waals surface area contributed by atoms with E-state index in [1.54, 1.807) is 6.07 Å². The van der Waals surface area contributed by atoms with Crippen molar-refractivity contribution in [2.45, 2.75) is 6.92 Å². The fourth-order valence-corrected chi connectivity index (χ4v) is 1.47. The SMILES string of the molecule is CCN(CCOc1ccccc1N)CC(N)=O. The Bertz CT molecular complexity index is 369. The maximum Gasteiger partial charge on any atom is 0.231 e. The Morgan fingerprint density at radius 3 is 2.71 bits per heavy atom. The van der Waals surface area contributed by atoms with Crippen LogP contribution in [0, 0.1) is 0 Å².